The maximum Gasteiger partial charge on any atom is 0.371 e. The van der Waals surface area contributed by atoms with E-state index in [0.717, 1.165) is 64.5 Å². The van der Waals surface area contributed by atoms with Gasteiger partial charge in [-0.25, -0.2) is 4.79 Å². The van der Waals surface area contributed by atoms with Crippen LogP contribution in [0.2, 0.25) is 0 Å². The van der Waals surface area contributed by atoms with Crippen molar-refractivity contribution in [1.29, 1.82) is 0 Å². The number of hydrogen-bond acceptors (Lipinski definition) is 8. The molecule has 3 aliphatic rings. The van der Waals surface area contributed by atoms with Gasteiger partial charge in [0.1, 0.15) is 5.60 Å². The molecule has 0 aromatic heterocycles. The fourth-order valence-corrected chi connectivity index (χ4v) is 5.32. The van der Waals surface area contributed by atoms with Gasteiger partial charge in [-0.05, 0) is 79.1 Å². The first-order valence-corrected chi connectivity index (χ1v) is 12.8. The molecule has 33 heavy (non-hydrogen) atoms. The van der Waals surface area contributed by atoms with Crippen molar-refractivity contribution >= 4 is 11.9 Å². The quantitative estimate of drug-likeness (QED) is 0.502. The van der Waals surface area contributed by atoms with E-state index in [1.807, 2.05) is 27.7 Å². The van der Waals surface area contributed by atoms with Crippen molar-refractivity contribution in [3.63, 3.8) is 0 Å². The number of likely N-dealkylation sites (tertiary alicyclic amines) is 2. The van der Waals surface area contributed by atoms with Gasteiger partial charge in [-0.1, -0.05) is 0 Å². The Labute approximate surface area is 199 Å². The molecule has 0 spiro atoms. The highest BCUT2D eigenvalue weighted by molar-refractivity contribution is 5.79. The SMILES string of the molecule is CCOC(=O)C1CCC(OC(C(=O)OC(C)(C)C)(N2CCCC2)N2CCC(OC)CC2)CC1. The van der Waals surface area contributed by atoms with E-state index in [1.165, 1.54) is 0 Å². The van der Waals surface area contributed by atoms with E-state index in [1.54, 1.807) is 7.11 Å². The van der Waals surface area contributed by atoms with E-state index in [4.69, 9.17) is 18.9 Å². The van der Waals surface area contributed by atoms with Crippen molar-refractivity contribution < 1.29 is 28.5 Å². The highest BCUT2D eigenvalue weighted by Crippen LogP contribution is 2.37. The van der Waals surface area contributed by atoms with E-state index in [0.29, 0.717) is 19.7 Å². The van der Waals surface area contributed by atoms with Gasteiger partial charge in [-0.3, -0.25) is 14.6 Å². The molecule has 3 rings (SSSR count). The van der Waals surface area contributed by atoms with Crippen LogP contribution in [-0.2, 0) is 28.5 Å². The van der Waals surface area contributed by atoms with Crippen LogP contribution in [0.1, 0.15) is 79.1 Å². The molecule has 1 unspecified atom stereocenters. The summed E-state index contributed by atoms with van der Waals surface area (Å²) in [5.74, 6) is -1.75. The lowest BCUT2D eigenvalue weighted by Gasteiger charge is -2.51. The van der Waals surface area contributed by atoms with Gasteiger partial charge in [-0.2, -0.15) is 0 Å². The molecule has 0 aromatic rings. The summed E-state index contributed by atoms with van der Waals surface area (Å²) in [4.78, 5) is 30.5. The Balaban J connectivity index is 1.83. The van der Waals surface area contributed by atoms with Crippen LogP contribution in [-0.4, -0.2) is 85.3 Å². The van der Waals surface area contributed by atoms with Crippen molar-refractivity contribution in [3.8, 4) is 0 Å². The number of hydrogen-bond donors (Lipinski definition) is 0. The summed E-state index contributed by atoms with van der Waals surface area (Å²) < 4.78 is 23.7. The molecule has 0 bridgehead atoms. The number of carbonyl (C=O) groups excluding carboxylic acids is 2. The zero-order valence-corrected chi connectivity index (χ0v) is 21.3. The highest BCUT2D eigenvalue weighted by Gasteiger charge is 2.55. The predicted molar refractivity (Wildman–Crippen MR) is 124 cm³/mol. The number of methoxy groups -OCH3 is 1. The summed E-state index contributed by atoms with van der Waals surface area (Å²) >= 11 is 0. The Bertz CT molecular complexity index is 644. The van der Waals surface area contributed by atoms with E-state index in [-0.39, 0.29) is 30.1 Å². The Morgan fingerprint density at radius 1 is 0.848 bits per heavy atom. The molecule has 1 saturated carbocycles. The number of esters is 2. The summed E-state index contributed by atoms with van der Waals surface area (Å²) in [7, 11) is 1.75. The summed E-state index contributed by atoms with van der Waals surface area (Å²) in [5.41, 5.74) is -0.613. The van der Waals surface area contributed by atoms with Crippen LogP contribution in [0.3, 0.4) is 0 Å². The second-order valence-electron chi connectivity index (χ2n) is 10.6. The monoisotopic (exact) mass is 468 g/mol. The lowest BCUT2D eigenvalue weighted by atomic mass is 9.87. The van der Waals surface area contributed by atoms with E-state index >= 15 is 0 Å². The van der Waals surface area contributed by atoms with Crippen LogP contribution < -0.4 is 0 Å². The molecule has 190 valence electrons. The number of carbonyl (C=O) groups is 2. The summed E-state index contributed by atoms with van der Waals surface area (Å²) in [6.07, 6.45) is 6.80. The smallest absolute Gasteiger partial charge is 0.371 e. The van der Waals surface area contributed by atoms with Crippen LogP contribution in [0, 0.1) is 5.92 Å². The topological polar surface area (TPSA) is 77.5 Å². The molecule has 0 amide bonds. The van der Waals surface area contributed by atoms with Gasteiger partial charge in [0, 0.05) is 33.3 Å². The highest BCUT2D eigenvalue weighted by atomic mass is 16.6. The van der Waals surface area contributed by atoms with Crippen molar-refractivity contribution in [3.05, 3.63) is 0 Å². The second-order valence-corrected chi connectivity index (χ2v) is 10.6. The fraction of sp³-hybridized carbons (Fsp3) is 0.920. The lowest BCUT2D eigenvalue weighted by Crippen LogP contribution is -2.70. The largest absolute Gasteiger partial charge is 0.466 e. The third-order valence-electron chi connectivity index (χ3n) is 7.03. The van der Waals surface area contributed by atoms with E-state index < -0.39 is 11.4 Å². The number of nitrogens with zero attached hydrogens (tertiary/aromatic N) is 2. The first-order valence-electron chi connectivity index (χ1n) is 12.8. The van der Waals surface area contributed by atoms with Gasteiger partial charge in [0.05, 0.1) is 24.7 Å². The Hall–Kier alpha value is -1.22. The van der Waals surface area contributed by atoms with Crippen LogP contribution in [0.25, 0.3) is 0 Å². The maximum absolute atomic E-state index is 13.9. The van der Waals surface area contributed by atoms with Crippen LogP contribution in [0.5, 0.6) is 0 Å². The van der Waals surface area contributed by atoms with Crippen LogP contribution in [0.15, 0.2) is 0 Å². The maximum atomic E-state index is 13.9. The van der Waals surface area contributed by atoms with Gasteiger partial charge < -0.3 is 18.9 Å². The number of ether oxygens (including phenoxy) is 4. The molecule has 2 aliphatic heterocycles. The molecule has 1 atom stereocenters. The Kier molecular flexibility index (Phi) is 9.17. The fourth-order valence-electron chi connectivity index (χ4n) is 5.32. The first-order chi connectivity index (χ1) is 15.7. The van der Waals surface area contributed by atoms with Gasteiger partial charge >= 0.3 is 11.9 Å². The van der Waals surface area contributed by atoms with Gasteiger partial charge in [0.2, 0.25) is 0 Å². The first kappa shape index (κ1) is 26.4. The molecule has 1 aliphatic carbocycles. The standard InChI is InChI=1S/C25H44N2O6/c1-6-31-22(28)19-9-11-21(12-10-19)32-25(26-15-7-8-16-26,23(29)33-24(2,3)4)27-17-13-20(30-5)14-18-27/h19-21H,6-18H2,1-5H3. The number of rotatable bonds is 8. The number of piperidine rings is 1. The zero-order valence-electron chi connectivity index (χ0n) is 21.3. The van der Waals surface area contributed by atoms with Gasteiger partial charge in [0.25, 0.3) is 5.85 Å². The van der Waals surface area contributed by atoms with Crippen molar-refractivity contribution in [2.45, 2.75) is 103 Å². The zero-order chi connectivity index (χ0) is 24.1. The molecule has 0 radical (unpaired) electrons. The molecule has 8 nitrogen and oxygen atoms in total. The molecule has 0 N–H and O–H groups in total. The van der Waals surface area contributed by atoms with Crippen molar-refractivity contribution in [2.75, 3.05) is 39.9 Å². The summed E-state index contributed by atoms with van der Waals surface area (Å²) in [6.45, 7) is 11.0. The molecule has 8 heteroatoms. The minimum Gasteiger partial charge on any atom is -0.466 e. The molecular weight excluding hydrogens is 424 g/mol. The third kappa shape index (κ3) is 6.47. The minimum absolute atomic E-state index is 0.0787. The van der Waals surface area contributed by atoms with E-state index in [9.17, 15) is 9.59 Å². The second kappa shape index (κ2) is 11.5. The average Bonchev–Trinajstić information content (AvgIpc) is 3.32. The van der Waals surface area contributed by atoms with E-state index in [2.05, 4.69) is 9.80 Å². The normalized spacial score (nSPS) is 27.8. The summed E-state index contributed by atoms with van der Waals surface area (Å²) in [6, 6.07) is 0. The van der Waals surface area contributed by atoms with Crippen LogP contribution in [0.4, 0.5) is 0 Å². The molecule has 3 fully saturated rings. The molecule has 0 aromatic carbocycles. The van der Waals surface area contributed by atoms with Gasteiger partial charge in [-0.15, -0.1) is 0 Å². The molecule has 2 saturated heterocycles. The lowest BCUT2D eigenvalue weighted by molar-refractivity contribution is -0.282. The average molecular weight is 469 g/mol. The Morgan fingerprint density at radius 3 is 1.94 bits per heavy atom. The van der Waals surface area contributed by atoms with Crippen LogP contribution >= 0.6 is 0 Å². The van der Waals surface area contributed by atoms with Crippen molar-refractivity contribution in [2.24, 2.45) is 5.92 Å². The molecule has 2 heterocycles. The summed E-state index contributed by atoms with van der Waals surface area (Å²) in [5, 5.41) is 0. The molecular formula is C25H44N2O6. The van der Waals surface area contributed by atoms with Crippen molar-refractivity contribution in [1.82, 2.24) is 9.80 Å². The predicted octanol–water partition coefficient (Wildman–Crippen LogP) is 3.33. The van der Waals surface area contributed by atoms with Gasteiger partial charge in [0.15, 0.2) is 0 Å². The Morgan fingerprint density at radius 2 is 1.42 bits per heavy atom. The minimum atomic E-state index is -1.23. The third-order valence-corrected chi connectivity index (χ3v) is 7.03.